The first kappa shape index (κ1) is 64.4. The minimum Gasteiger partial charge on any atom is -0.462 e. The number of hydrogen-bond donors (Lipinski definition) is 0. The van der Waals surface area contributed by atoms with Gasteiger partial charge in [0.1, 0.15) is 13.2 Å². The Balaban J connectivity index is 4.30. The number of esters is 3. The number of rotatable bonds is 53. The topological polar surface area (TPSA) is 78.9 Å². The molecular weight excluding hydrogens is 817 g/mol. The highest BCUT2D eigenvalue weighted by molar-refractivity contribution is 5.71. The molecule has 0 radical (unpaired) electrons. The summed E-state index contributed by atoms with van der Waals surface area (Å²) in [5.74, 6) is 1.72. The van der Waals surface area contributed by atoms with Gasteiger partial charge in [0, 0.05) is 19.3 Å². The van der Waals surface area contributed by atoms with Crippen molar-refractivity contribution in [2.24, 2.45) is 17.8 Å². The summed E-state index contributed by atoms with van der Waals surface area (Å²) in [5.41, 5.74) is 0. The van der Waals surface area contributed by atoms with Crippen molar-refractivity contribution in [1.29, 1.82) is 0 Å². The van der Waals surface area contributed by atoms with Gasteiger partial charge in [-0.1, -0.05) is 292 Å². The standard InChI is InChI=1S/C60H116O6/c1-7-56(6)48-42-36-30-24-17-13-9-11-15-19-27-33-39-45-51-60(63)66-57(53-65-59(62)50-44-38-32-26-21-20-23-29-35-41-47-55(4)5)52-64-58(61)49-43-37-31-25-18-14-10-8-12-16-22-28-34-40-46-54(2)3/h54-57H,7-53H2,1-6H3/t56?,57-/m0/s1. The molecular formula is C60H116O6. The van der Waals surface area contributed by atoms with Crippen LogP contribution < -0.4 is 0 Å². The lowest BCUT2D eigenvalue weighted by atomic mass is 9.99. The van der Waals surface area contributed by atoms with Gasteiger partial charge in [-0.2, -0.15) is 0 Å². The van der Waals surface area contributed by atoms with E-state index < -0.39 is 6.10 Å². The molecule has 0 aromatic heterocycles. The van der Waals surface area contributed by atoms with Gasteiger partial charge in [-0.25, -0.2) is 0 Å². The first-order valence-corrected chi connectivity index (χ1v) is 29.6. The molecule has 0 heterocycles. The van der Waals surface area contributed by atoms with Crippen LogP contribution in [0.1, 0.15) is 330 Å². The van der Waals surface area contributed by atoms with Crippen molar-refractivity contribution >= 4 is 17.9 Å². The molecule has 0 rings (SSSR count). The highest BCUT2D eigenvalue weighted by Crippen LogP contribution is 2.19. The van der Waals surface area contributed by atoms with Crippen molar-refractivity contribution < 1.29 is 28.6 Å². The third-order valence-electron chi connectivity index (χ3n) is 14.0. The normalized spacial score (nSPS) is 12.5. The highest BCUT2D eigenvalue weighted by atomic mass is 16.6. The van der Waals surface area contributed by atoms with Gasteiger partial charge in [0.05, 0.1) is 0 Å². The van der Waals surface area contributed by atoms with Crippen LogP contribution in [-0.2, 0) is 28.6 Å². The van der Waals surface area contributed by atoms with Crippen LogP contribution in [0.3, 0.4) is 0 Å². The van der Waals surface area contributed by atoms with Gasteiger partial charge in [0.2, 0.25) is 0 Å². The van der Waals surface area contributed by atoms with E-state index in [4.69, 9.17) is 14.2 Å². The molecule has 0 N–H and O–H groups in total. The SMILES string of the molecule is CCC(C)CCCCCCCCCCCCCCCCC(=O)O[C@@H](COC(=O)CCCCCCCCCCCCCCCCC(C)C)COC(=O)CCCCCCCCCCCCC(C)C. The summed E-state index contributed by atoms with van der Waals surface area (Å²) >= 11 is 0. The third-order valence-corrected chi connectivity index (χ3v) is 14.0. The predicted molar refractivity (Wildman–Crippen MR) is 284 cm³/mol. The summed E-state index contributed by atoms with van der Waals surface area (Å²) < 4.78 is 16.9. The minimum absolute atomic E-state index is 0.0634. The molecule has 0 amide bonds. The molecule has 0 saturated heterocycles. The van der Waals surface area contributed by atoms with Crippen LogP contribution in [0.2, 0.25) is 0 Å². The maximum atomic E-state index is 12.9. The summed E-state index contributed by atoms with van der Waals surface area (Å²) in [6, 6.07) is 0. The Hall–Kier alpha value is -1.59. The molecule has 0 bridgehead atoms. The number of hydrogen-bond acceptors (Lipinski definition) is 6. The third kappa shape index (κ3) is 51.8. The smallest absolute Gasteiger partial charge is 0.306 e. The van der Waals surface area contributed by atoms with E-state index >= 15 is 0 Å². The Kier molecular flexibility index (Phi) is 50.0. The molecule has 1 unspecified atom stereocenters. The predicted octanol–water partition coefficient (Wildman–Crippen LogP) is 19.5. The van der Waals surface area contributed by atoms with Crippen molar-refractivity contribution in [3.05, 3.63) is 0 Å². The van der Waals surface area contributed by atoms with Gasteiger partial charge < -0.3 is 14.2 Å². The maximum absolute atomic E-state index is 12.9. The van der Waals surface area contributed by atoms with E-state index in [0.717, 1.165) is 75.5 Å². The Morgan fingerprint density at radius 2 is 0.530 bits per heavy atom. The van der Waals surface area contributed by atoms with Gasteiger partial charge >= 0.3 is 17.9 Å². The van der Waals surface area contributed by atoms with Gasteiger partial charge in [-0.3, -0.25) is 14.4 Å². The van der Waals surface area contributed by atoms with Crippen LogP contribution in [0, 0.1) is 17.8 Å². The number of unbranched alkanes of at least 4 members (excludes halogenated alkanes) is 35. The van der Waals surface area contributed by atoms with Gasteiger partial charge in [-0.15, -0.1) is 0 Å². The van der Waals surface area contributed by atoms with Crippen LogP contribution in [0.5, 0.6) is 0 Å². The van der Waals surface area contributed by atoms with E-state index in [1.165, 1.54) is 212 Å². The molecule has 0 saturated carbocycles. The van der Waals surface area contributed by atoms with Crippen molar-refractivity contribution in [2.45, 2.75) is 337 Å². The Labute approximate surface area is 412 Å². The second-order valence-electron chi connectivity index (χ2n) is 21.8. The average molecular weight is 934 g/mol. The number of carbonyl (C=O) groups excluding carboxylic acids is 3. The van der Waals surface area contributed by atoms with Gasteiger partial charge in [0.15, 0.2) is 6.10 Å². The molecule has 0 aromatic rings. The van der Waals surface area contributed by atoms with Crippen LogP contribution in [0.4, 0.5) is 0 Å². The summed E-state index contributed by atoms with van der Waals surface area (Å²) in [5, 5.41) is 0. The van der Waals surface area contributed by atoms with Crippen LogP contribution in [0.15, 0.2) is 0 Å². The van der Waals surface area contributed by atoms with E-state index in [2.05, 4.69) is 41.5 Å². The molecule has 6 heteroatoms. The van der Waals surface area contributed by atoms with Crippen molar-refractivity contribution in [3.63, 3.8) is 0 Å². The quantitative estimate of drug-likeness (QED) is 0.0343. The average Bonchev–Trinajstić information content (AvgIpc) is 3.29. The summed E-state index contributed by atoms with van der Waals surface area (Å²) in [7, 11) is 0. The molecule has 0 aliphatic rings. The molecule has 0 fully saturated rings. The summed E-state index contributed by atoms with van der Waals surface area (Å²) in [4.78, 5) is 38.2. The fourth-order valence-corrected chi connectivity index (χ4v) is 9.14. The van der Waals surface area contributed by atoms with E-state index in [0.29, 0.717) is 19.3 Å². The fraction of sp³-hybridized carbons (Fsp3) is 0.950. The zero-order valence-electron chi connectivity index (χ0n) is 45.5. The van der Waals surface area contributed by atoms with Gasteiger partial charge in [0.25, 0.3) is 0 Å². The monoisotopic (exact) mass is 933 g/mol. The lowest BCUT2D eigenvalue weighted by Gasteiger charge is -2.18. The molecule has 66 heavy (non-hydrogen) atoms. The zero-order chi connectivity index (χ0) is 48.4. The number of carbonyl (C=O) groups is 3. The van der Waals surface area contributed by atoms with Crippen LogP contribution >= 0.6 is 0 Å². The van der Waals surface area contributed by atoms with E-state index in [-0.39, 0.29) is 31.1 Å². The molecule has 0 aliphatic carbocycles. The second-order valence-corrected chi connectivity index (χ2v) is 21.8. The number of ether oxygens (including phenoxy) is 3. The second kappa shape index (κ2) is 51.3. The highest BCUT2D eigenvalue weighted by Gasteiger charge is 2.19. The molecule has 392 valence electrons. The van der Waals surface area contributed by atoms with E-state index in [9.17, 15) is 14.4 Å². The van der Waals surface area contributed by atoms with Crippen LogP contribution in [0.25, 0.3) is 0 Å². The molecule has 0 aliphatic heterocycles. The van der Waals surface area contributed by atoms with Crippen molar-refractivity contribution in [3.8, 4) is 0 Å². The lowest BCUT2D eigenvalue weighted by Crippen LogP contribution is -2.30. The first-order chi connectivity index (χ1) is 32.1. The Bertz CT molecular complexity index is 1020. The maximum Gasteiger partial charge on any atom is 0.306 e. The first-order valence-electron chi connectivity index (χ1n) is 29.6. The largest absolute Gasteiger partial charge is 0.462 e. The summed E-state index contributed by atoms with van der Waals surface area (Å²) in [6.07, 6.45) is 53.7. The van der Waals surface area contributed by atoms with Crippen molar-refractivity contribution in [2.75, 3.05) is 13.2 Å². The molecule has 6 nitrogen and oxygen atoms in total. The molecule has 0 aromatic carbocycles. The molecule has 0 spiro atoms. The Morgan fingerprint density at radius 1 is 0.303 bits per heavy atom. The summed E-state index contributed by atoms with van der Waals surface area (Å²) in [6.45, 7) is 13.8. The van der Waals surface area contributed by atoms with E-state index in [1.54, 1.807) is 0 Å². The van der Waals surface area contributed by atoms with E-state index in [1.807, 2.05) is 0 Å². The van der Waals surface area contributed by atoms with Crippen molar-refractivity contribution in [1.82, 2.24) is 0 Å². The zero-order valence-corrected chi connectivity index (χ0v) is 45.5. The fourth-order valence-electron chi connectivity index (χ4n) is 9.14. The Morgan fingerprint density at radius 3 is 0.788 bits per heavy atom. The van der Waals surface area contributed by atoms with Crippen LogP contribution in [-0.4, -0.2) is 37.2 Å². The minimum atomic E-state index is -0.764. The lowest BCUT2D eigenvalue weighted by molar-refractivity contribution is -0.167. The van der Waals surface area contributed by atoms with Gasteiger partial charge in [-0.05, 0) is 37.0 Å². The molecule has 2 atom stereocenters.